The van der Waals surface area contributed by atoms with Crippen molar-refractivity contribution < 1.29 is 9.53 Å². The Morgan fingerprint density at radius 2 is 1.78 bits per heavy atom. The maximum Gasteiger partial charge on any atom is 0.277 e. The van der Waals surface area contributed by atoms with Crippen LogP contribution in [0.4, 0.5) is 0 Å². The number of benzene rings is 2. The predicted molar refractivity (Wildman–Crippen MR) is 111 cm³/mol. The molecule has 0 bridgehead atoms. The zero-order chi connectivity index (χ0) is 19.5. The van der Waals surface area contributed by atoms with Gasteiger partial charge in [0.1, 0.15) is 5.75 Å². The van der Waals surface area contributed by atoms with E-state index in [1.807, 2.05) is 42.5 Å². The van der Waals surface area contributed by atoms with Gasteiger partial charge in [-0.05, 0) is 48.4 Å². The summed E-state index contributed by atoms with van der Waals surface area (Å²) in [5.41, 5.74) is 5.83. The second-order valence-electron chi connectivity index (χ2n) is 6.73. The van der Waals surface area contributed by atoms with Gasteiger partial charge in [-0.25, -0.2) is 5.43 Å². The highest BCUT2D eigenvalue weighted by Gasteiger charge is 2.07. The molecule has 27 heavy (non-hydrogen) atoms. The molecule has 1 atom stereocenters. The molecule has 0 aliphatic carbocycles. The second kappa shape index (κ2) is 11.2. The third-order valence-corrected chi connectivity index (χ3v) is 4.62. The lowest BCUT2D eigenvalue weighted by Gasteiger charge is -2.11. The molecular formula is C23H30N2O2. The van der Waals surface area contributed by atoms with Crippen LogP contribution in [0.25, 0.3) is 0 Å². The van der Waals surface area contributed by atoms with Crippen molar-refractivity contribution in [2.75, 3.05) is 6.61 Å². The molecule has 0 spiro atoms. The summed E-state index contributed by atoms with van der Waals surface area (Å²) in [5, 5.41) is 4.33. The van der Waals surface area contributed by atoms with Gasteiger partial charge in [-0.1, -0.05) is 69.7 Å². The molecule has 0 saturated heterocycles. The normalized spacial score (nSPS) is 12.5. The fourth-order valence-electron chi connectivity index (χ4n) is 2.68. The predicted octanol–water partition coefficient (Wildman–Crippen LogP) is 5.29. The summed E-state index contributed by atoms with van der Waals surface area (Å²) in [6, 6.07) is 17.9. The summed E-state index contributed by atoms with van der Waals surface area (Å²) in [4.78, 5) is 12.1. The minimum atomic E-state index is -0.258. The van der Waals surface area contributed by atoms with Gasteiger partial charge in [0, 0.05) is 0 Å². The largest absolute Gasteiger partial charge is 0.484 e. The van der Waals surface area contributed by atoms with Crippen molar-refractivity contribution in [3.05, 3.63) is 65.7 Å². The lowest BCUT2D eigenvalue weighted by atomic mass is 9.99. The van der Waals surface area contributed by atoms with Crippen LogP contribution in [0, 0.1) is 0 Å². The number of amides is 1. The summed E-state index contributed by atoms with van der Waals surface area (Å²) in [5.74, 6) is 0.956. The third kappa shape index (κ3) is 6.89. The fraction of sp³-hybridized carbons (Fsp3) is 0.391. The van der Waals surface area contributed by atoms with Crippen LogP contribution in [0.2, 0.25) is 0 Å². The van der Waals surface area contributed by atoms with Gasteiger partial charge in [-0.3, -0.25) is 4.79 Å². The Balaban J connectivity index is 1.90. The van der Waals surface area contributed by atoms with Crippen LogP contribution < -0.4 is 10.2 Å². The van der Waals surface area contributed by atoms with Gasteiger partial charge >= 0.3 is 0 Å². The van der Waals surface area contributed by atoms with Crippen molar-refractivity contribution >= 4 is 11.6 Å². The molecule has 1 unspecified atom stereocenters. The molecular weight excluding hydrogens is 336 g/mol. The SMILES string of the molecule is CCCC/C(=N\NC(=O)COc1ccc(C(C)CC)cc1)c1ccccc1. The van der Waals surface area contributed by atoms with E-state index in [-0.39, 0.29) is 12.5 Å². The standard InChI is InChI=1S/C23H30N2O2/c1-4-6-12-22(20-10-8-7-9-11-20)24-25-23(26)17-27-21-15-13-19(14-16-21)18(3)5-2/h7-11,13-16,18H,4-6,12,17H2,1-3H3,(H,25,26)/b24-22+. The molecule has 0 heterocycles. The molecule has 4 heteroatoms. The highest BCUT2D eigenvalue weighted by Crippen LogP contribution is 2.21. The molecule has 2 rings (SSSR count). The summed E-state index contributed by atoms with van der Waals surface area (Å²) in [6.45, 7) is 6.46. The van der Waals surface area contributed by atoms with Gasteiger partial charge in [0.25, 0.3) is 5.91 Å². The summed E-state index contributed by atoms with van der Waals surface area (Å²) in [7, 11) is 0. The maximum absolute atomic E-state index is 12.1. The highest BCUT2D eigenvalue weighted by atomic mass is 16.5. The van der Waals surface area contributed by atoms with E-state index in [4.69, 9.17) is 4.74 Å². The minimum absolute atomic E-state index is 0.0535. The fourth-order valence-corrected chi connectivity index (χ4v) is 2.68. The van der Waals surface area contributed by atoms with E-state index in [2.05, 4.69) is 43.4 Å². The van der Waals surface area contributed by atoms with Crippen molar-refractivity contribution in [2.24, 2.45) is 5.10 Å². The van der Waals surface area contributed by atoms with Crippen molar-refractivity contribution in [2.45, 2.75) is 52.4 Å². The van der Waals surface area contributed by atoms with E-state index < -0.39 is 0 Å². The Morgan fingerprint density at radius 1 is 1.07 bits per heavy atom. The van der Waals surface area contributed by atoms with Crippen LogP contribution >= 0.6 is 0 Å². The summed E-state index contributed by atoms with van der Waals surface area (Å²) < 4.78 is 5.57. The molecule has 0 saturated carbocycles. The number of ether oxygens (including phenoxy) is 1. The van der Waals surface area contributed by atoms with Crippen LogP contribution in [0.3, 0.4) is 0 Å². The van der Waals surface area contributed by atoms with Crippen molar-refractivity contribution in [3.63, 3.8) is 0 Å². The molecule has 0 aromatic heterocycles. The van der Waals surface area contributed by atoms with Gasteiger partial charge < -0.3 is 4.74 Å². The van der Waals surface area contributed by atoms with Crippen molar-refractivity contribution in [1.82, 2.24) is 5.43 Å². The molecule has 2 aromatic carbocycles. The number of unbranched alkanes of at least 4 members (excludes halogenated alkanes) is 1. The van der Waals surface area contributed by atoms with Crippen LogP contribution in [-0.4, -0.2) is 18.2 Å². The van der Waals surface area contributed by atoms with Crippen LogP contribution in [0.5, 0.6) is 5.75 Å². The molecule has 0 aliphatic rings. The number of carbonyl (C=O) groups excluding carboxylic acids is 1. The first-order chi connectivity index (χ1) is 13.1. The van der Waals surface area contributed by atoms with E-state index >= 15 is 0 Å². The Kier molecular flexibility index (Phi) is 8.56. The Bertz CT molecular complexity index is 724. The molecule has 1 amide bonds. The molecule has 0 radical (unpaired) electrons. The molecule has 2 aromatic rings. The molecule has 4 nitrogen and oxygen atoms in total. The van der Waals surface area contributed by atoms with Gasteiger partial charge in [0.2, 0.25) is 0 Å². The Hall–Kier alpha value is -2.62. The van der Waals surface area contributed by atoms with Gasteiger partial charge in [0.05, 0.1) is 5.71 Å². The molecule has 0 aliphatic heterocycles. The average Bonchev–Trinajstić information content (AvgIpc) is 2.72. The van der Waals surface area contributed by atoms with Crippen molar-refractivity contribution in [1.29, 1.82) is 0 Å². The smallest absolute Gasteiger partial charge is 0.277 e. The monoisotopic (exact) mass is 366 g/mol. The molecule has 144 valence electrons. The number of hydrazone groups is 1. The highest BCUT2D eigenvalue weighted by molar-refractivity contribution is 6.01. The maximum atomic E-state index is 12.1. The first-order valence-electron chi connectivity index (χ1n) is 9.77. The van der Waals surface area contributed by atoms with E-state index in [0.717, 1.165) is 37.0 Å². The van der Waals surface area contributed by atoms with Gasteiger partial charge in [-0.2, -0.15) is 5.10 Å². The lowest BCUT2D eigenvalue weighted by molar-refractivity contribution is -0.123. The Labute approximate surface area is 162 Å². The second-order valence-corrected chi connectivity index (χ2v) is 6.73. The number of carbonyl (C=O) groups is 1. The molecule has 0 fully saturated rings. The number of hydrogen-bond acceptors (Lipinski definition) is 3. The van der Waals surface area contributed by atoms with E-state index in [9.17, 15) is 4.79 Å². The van der Waals surface area contributed by atoms with E-state index in [1.54, 1.807) is 0 Å². The lowest BCUT2D eigenvalue weighted by Crippen LogP contribution is -2.26. The average molecular weight is 367 g/mol. The van der Waals surface area contributed by atoms with E-state index in [0.29, 0.717) is 11.7 Å². The molecule has 1 N–H and O–H groups in total. The number of nitrogens with one attached hydrogen (secondary N) is 1. The number of nitrogens with zero attached hydrogens (tertiary/aromatic N) is 1. The topological polar surface area (TPSA) is 50.7 Å². The quantitative estimate of drug-likeness (QED) is 0.459. The van der Waals surface area contributed by atoms with E-state index in [1.165, 1.54) is 5.56 Å². The zero-order valence-corrected chi connectivity index (χ0v) is 16.6. The minimum Gasteiger partial charge on any atom is -0.484 e. The third-order valence-electron chi connectivity index (χ3n) is 4.62. The van der Waals surface area contributed by atoms with Crippen molar-refractivity contribution in [3.8, 4) is 5.75 Å². The zero-order valence-electron chi connectivity index (χ0n) is 16.6. The van der Waals surface area contributed by atoms with Gasteiger partial charge in [0.15, 0.2) is 6.61 Å². The summed E-state index contributed by atoms with van der Waals surface area (Å²) in [6.07, 6.45) is 4.04. The number of rotatable bonds is 10. The first kappa shape index (κ1) is 20.7. The van der Waals surface area contributed by atoms with Crippen LogP contribution in [0.1, 0.15) is 63.5 Å². The summed E-state index contributed by atoms with van der Waals surface area (Å²) >= 11 is 0. The first-order valence-corrected chi connectivity index (χ1v) is 9.77. The van der Waals surface area contributed by atoms with Crippen LogP contribution in [0.15, 0.2) is 59.7 Å². The Morgan fingerprint density at radius 3 is 2.41 bits per heavy atom. The van der Waals surface area contributed by atoms with Gasteiger partial charge in [-0.15, -0.1) is 0 Å². The number of hydrogen-bond donors (Lipinski definition) is 1. The van der Waals surface area contributed by atoms with Crippen LogP contribution in [-0.2, 0) is 4.79 Å².